The van der Waals surface area contributed by atoms with Gasteiger partial charge in [0, 0.05) is 37.9 Å². The van der Waals surface area contributed by atoms with E-state index in [2.05, 4.69) is 31.9 Å². The molecule has 0 N–H and O–H groups in total. The van der Waals surface area contributed by atoms with Gasteiger partial charge >= 0.3 is 6.18 Å². The van der Waals surface area contributed by atoms with Crippen molar-refractivity contribution in [3.05, 3.63) is 60.8 Å². The van der Waals surface area contributed by atoms with Crippen LogP contribution in [0.3, 0.4) is 0 Å². The molecule has 0 bridgehead atoms. The first kappa shape index (κ1) is 19.5. The van der Waals surface area contributed by atoms with Crippen molar-refractivity contribution in [1.29, 1.82) is 0 Å². The number of hydrogen-bond acceptors (Lipinski definition) is 5. The van der Waals surface area contributed by atoms with Gasteiger partial charge in [0.05, 0.1) is 17.8 Å². The Hall–Kier alpha value is -3.43. The van der Waals surface area contributed by atoms with Gasteiger partial charge in [-0.3, -0.25) is 9.08 Å². The second-order valence-corrected chi connectivity index (χ2v) is 7.79. The third-order valence-electron chi connectivity index (χ3n) is 5.75. The third kappa shape index (κ3) is 3.62. The second-order valence-electron chi connectivity index (χ2n) is 7.79. The number of piperidine rings is 1. The van der Waals surface area contributed by atoms with Gasteiger partial charge in [0.1, 0.15) is 17.2 Å². The number of aromatic nitrogens is 6. The first-order valence-electron chi connectivity index (χ1n) is 10.0. The molecule has 0 aliphatic carbocycles. The van der Waals surface area contributed by atoms with Crippen LogP contribution >= 0.6 is 0 Å². The molecular formula is C21H20F3N7. The maximum atomic E-state index is 13.2. The number of rotatable bonds is 3. The summed E-state index contributed by atoms with van der Waals surface area (Å²) >= 11 is 0. The summed E-state index contributed by atoms with van der Waals surface area (Å²) in [6.07, 6.45) is 4.43. The molecule has 4 aromatic rings. The van der Waals surface area contributed by atoms with Crippen LogP contribution in [-0.2, 0) is 6.18 Å². The first-order valence-corrected chi connectivity index (χ1v) is 10.0. The number of halogens is 3. The monoisotopic (exact) mass is 427 g/mol. The SMILES string of the molecule is CC1CN(c2ccnc(-c3cnc4ccc(C(F)(F)F)cn34)n2)CCC1n1cccn1. The molecule has 5 rings (SSSR count). The Labute approximate surface area is 176 Å². The van der Waals surface area contributed by atoms with Crippen LogP contribution in [-0.4, -0.2) is 42.2 Å². The number of hydrogen-bond donors (Lipinski definition) is 0. The van der Waals surface area contributed by atoms with E-state index in [-0.39, 0.29) is 0 Å². The Morgan fingerprint density at radius 2 is 1.97 bits per heavy atom. The van der Waals surface area contributed by atoms with Gasteiger partial charge in [-0.25, -0.2) is 15.0 Å². The standard InChI is InChI=1S/C21H20F3N7/c1-14-12-29(10-6-16(14)31-9-2-7-27-31)19-5-8-25-20(28-19)17-11-26-18-4-3-15(13-30(17)18)21(22,23)24/h2-5,7-9,11,13-14,16H,6,10,12H2,1H3. The van der Waals surface area contributed by atoms with Gasteiger partial charge in [0.15, 0.2) is 5.82 Å². The molecule has 10 heteroatoms. The fraction of sp³-hybridized carbons (Fsp3) is 0.333. The van der Waals surface area contributed by atoms with Gasteiger partial charge in [0.2, 0.25) is 0 Å². The minimum atomic E-state index is -4.44. The highest BCUT2D eigenvalue weighted by Gasteiger charge is 2.31. The lowest BCUT2D eigenvalue weighted by atomic mass is 9.94. The van der Waals surface area contributed by atoms with Crippen molar-refractivity contribution >= 4 is 11.5 Å². The van der Waals surface area contributed by atoms with Gasteiger partial charge in [-0.15, -0.1) is 0 Å². The molecule has 1 aliphatic rings. The van der Waals surface area contributed by atoms with E-state index in [1.807, 2.05) is 23.0 Å². The van der Waals surface area contributed by atoms with Crippen LogP contribution in [0, 0.1) is 5.92 Å². The van der Waals surface area contributed by atoms with E-state index >= 15 is 0 Å². The summed E-state index contributed by atoms with van der Waals surface area (Å²) in [7, 11) is 0. The van der Waals surface area contributed by atoms with Gasteiger partial charge in [-0.2, -0.15) is 18.3 Å². The molecule has 1 aliphatic heterocycles. The molecule has 2 atom stereocenters. The van der Waals surface area contributed by atoms with Crippen molar-refractivity contribution in [2.24, 2.45) is 5.92 Å². The van der Waals surface area contributed by atoms with Gasteiger partial charge < -0.3 is 4.90 Å². The average molecular weight is 427 g/mol. The van der Waals surface area contributed by atoms with Crippen LogP contribution < -0.4 is 4.90 Å². The van der Waals surface area contributed by atoms with E-state index in [1.165, 1.54) is 16.7 Å². The molecule has 31 heavy (non-hydrogen) atoms. The van der Waals surface area contributed by atoms with E-state index in [0.29, 0.717) is 29.1 Å². The highest BCUT2D eigenvalue weighted by Crippen LogP contribution is 2.32. The number of alkyl halides is 3. The zero-order valence-corrected chi connectivity index (χ0v) is 16.7. The maximum absolute atomic E-state index is 13.2. The largest absolute Gasteiger partial charge is 0.417 e. The van der Waals surface area contributed by atoms with E-state index < -0.39 is 11.7 Å². The Balaban J connectivity index is 1.44. The summed E-state index contributed by atoms with van der Waals surface area (Å²) in [5, 5.41) is 4.37. The van der Waals surface area contributed by atoms with Crippen molar-refractivity contribution < 1.29 is 13.2 Å². The predicted octanol–water partition coefficient (Wildman–Crippen LogP) is 4.09. The number of nitrogens with zero attached hydrogens (tertiary/aromatic N) is 7. The quantitative estimate of drug-likeness (QED) is 0.493. The van der Waals surface area contributed by atoms with Crippen molar-refractivity contribution in [2.75, 3.05) is 18.0 Å². The van der Waals surface area contributed by atoms with Crippen molar-refractivity contribution in [2.45, 2.75) is 25.6 Å². The number of imidazole rings is 1. The minimum Gasteiger partial charge on any atom is -0.356 e. The Bertz CT molecular complexity index is 1200. The smallest absolute Gasteiger partial charge is 0.356 e. The van der Waals surface area contributed by atoms with Crippen LogP contribution in [0.25, 0.3) is 17.2 Å². The highest BCUT2D eigenvalue weighted by molar-refractivity contribution is 5.59. The second kappa shape index (κ2) is 7.36. The van der Waals surface area contributed by atoms with Crippen molar-refractivity contribution in [1.82, 2.24) is 29.1 Å². The van der Waals surface area contributed by atoms with E-state index in [9.17, 15) is 13.2 Å². The van der Waals surface area contributed by atoms with Gasteiger partial charge in [-0.05, 0) is 36.6 Å². The molecule has 4 aromatic heterocycles. The average Bonchev–Trinajstić information content (AvgIpc) is 3.43. The fourth-order valence-corrected chi connectivity index (χ4v) is 4.17. The predicted molar refractivity (Wildman–Crippen MR) is 108 cm³/mol. The van der Waals surface area contributed by atoms with Gasteiger partial charge in [0.25, 0.3) is 0 Å². The Kier molecular flexibility index (Phi) is 4.64. The Morgan fingerprint density at radius 3 is 2.71 bits per heavy atom. The fourth-order valence-electron chi connectivity index (χ4n) is 4.17. The summed E-state index contributed by atoms with van der Waals surface area (Å²) < 4.78 is 42.9. The van der Waals surface area contributed by atoms with Crippen molar-refractivity contribution in [3.63, 3.8) is 0 Å². The molecular weight excluding hydrogens is 407 g/mol. The van der Waals surface area contributed by atoms with E-state index in [1.54, 1.807) is 12.4 Å². The summed E-state index contributed by atoms with van der Waals surface area (Å²) in [5.74, 6) is 1.45. The van der Waals surface area contributed by atoms with Crippen LogP contribution in [0.5, 0.6) is 0 Å². The summed E-state index contributed by atoms with van der Waals surface area (Å²) in [6.45, 7) is 3.78. The summed E-state index contributed by atoms with van der Waals surface area (Å²) in [5.41, 5.74) is 0.0815. The van der Waals surface area contributed by atoms with Crippen LogP contribution in [0.1, 0.15) is 24.9 Å². The molecule has 1 fully saturated rings. The normalized spacial score (nSPS) is 19.8. The molecule has 0 spiro atoms. The molecule has 0 radical (unpaired) electrons. The molecule has 160 valence electrons. The lowest BCUT2D eigenvalue weighted by Gasteiger charge is -2.37. The van der Waals surface area contributed by atoms with Crippen LogP contribution in [0.15, 0.2) is 55.2 Å². The van der Waals surface area contributed by atoms with Crippen LogP contribution in [0.4, 0.5) is 19.0 Å². The van der Waals surface area contributed by atoms with Crippen LogP contribution in [0.2, 0.25) is 0 Å². The van der Waals surface area contributed by atoms with E-state index in [4.69, 9.17) is 0 Å². The maximum Gasteiger partial charge on any atom is 0.417 e. The molecule has 0 amide bonds. The third-order valence-corrected chi connectivity index (χ3v) is 5.75. The Morgan fingerprint density at radius 1 is 1.10 bits per heavy atom. The first-order chi connectivity index (χ1) is 14.9. The molecule has 0 saturated carbocycles. The zero-order chi connectivity index (χ0) is 21.6. The zero-order valence-electron chi connectivity index (χ0n) is 16.7. The molecule has 0 aromatic carbocycles. The minimum absolute atomic E-state index is 0.326. The number of pyridine rings is 1. The molecule has 1 saturated heterocycles. The summed E-state index contributed by atoms with van der Waals surface area (Å²) in [4.78, 5) is 15.3. The summed E-state index contributed by atoms with van der Waals surface area (Å²) in [6, 6.07) is 6.45. The number of fused-ring (bicyclic) bond motifs is 1. The highest BCUT2D eigenvalue weighted by atomic mass is 19.4. The van der Waals surface area contributed by atoms with E-state index in [0.717, 1.165) is 37.6 Å². The molecule has 7 nitrogen and oxygen atoms in total. The van der Waals surface area contributed by atoms with Gasteiger partial charge in [-0.1, -0.05) is 6.92 Å². The molecule has 2 unspecified atom stereocenters. The number of anilines is 1. The van der Waals surface area contributed by atoms with Crippen molar-refractivity contribution in [3.8, 4) is 11.5 Å². The molecule has 5 heterocycles. The lowest BCUT2D eigenvalue weighted by Crippen LogP contribution is -2.40. The lowest BCUT2D eigenvalue weighted by molar-refractivity contribution is -0.137. The topological polar surface area (TPSA) is 64.1 Å².